The Morgan fingerprint density at radius 3 is 2.86 bits per heavy atom. The summed E-state index contributed by atoms with van der Waals surface area (Å²) in [6.45, 7) is 0.779. The Kier molecular flexibility index (Phi) is 4.94. The lowest BCUT2D eigenvalue weighted by molar-refractivity contribution is 0.170. The maximum atomic E-state index is 9.20. The average molecular weight is 215 g/mol. The van der Waals surface area contributed by atoms with E-state index in [1.807, 2.05) is 24.3 Å². The molecule has 0 saturated carbocycles. The van der Waals surface area contributed by atoms with E-state index in [2.05, 4.69) is 0 Å². The minimum absolute atomic E-state index is 0.119. The van der Waals surface area contributed by atoms with E-state index in [9.17, 15) is 5.11 Å². The summed E-state index contributed by atoms with van der Waals surface area (Å²) in [4.78, 5) is 0. The Morgan fingerprint density at radius 1 is 1.50 bits per heavy atom. The molecule has 0 saturated heterocycles. The topological polar surface area (TPSA) is 29.5 Å². The Hall–Kier alpha value is -0.570. The zero-order valence-corrected chi connectivity index (χ0v) is 9.00. The summed E-state index contributed by atoms with van der Waals surface area (Å²) in [6.07, 6.45) is 0.813. The van der Waals surface area contributed by atoms with Crippen LogP contribution in [-0.2, 0) is 4.74 Å². The third-order valence-corrected chi connectivity index (χ3v) is 2.45. The van der Waals surface area contributed by atoms with Gasteiger partial charge >= 0.3 is 0 Å². The fraction of sp³-hybridized carbons (Fsp3) is 0.455. The highest BCUT2D eigenvalue weighted by Crippen LogP contribution is 2.22. The van der Waals surface area contributed by atoms with Crippen LogP contribution in [0.3, 0.4) is 0 Å². The largest absolute Gasteiger partial charge is 0.396 e. The van der Waals surface area contributed by atoms with Crippen molar-refractivity contribution < 1.29 is 9.84 Å². The monoisotopic (exact) mass is 214 g/mol. The maximum Gasteiger partial charge on any atom is 0.0500 e. The van der Waals surface area contributed by atoms with Crippen LogP contribution in [0.15, 0.2) is 24.3 Å². The maximum absolute atomic E-state index is 9.20. The summed E-state index contributed by atoms with van der Waals surface area (Å²) in [5.74, 6) is 0.119. The van der Waals surface area contributed by atoms with Gasteiger partial charge in [0.1, 0.15) is 0 Å². The van der Waals surface area contributed by atoms with Crippen LogP contribution in [0.2, 0.25) is 5.02 Å². The fourth-order valence-corrected chi connectivity index (χ4v) is 1.58. The van der Waals surface area contributed by atoms with Gasteiger partial charge in [0.05, 0.1) is 6.61 Å². The molecule has 0 fully saturated rings. The molecular formula is C11H15ClO2. The van der Waals surface area contributed by atoms with Gasteiger partial charge in [-0.3, -0.25) is 0 Å². The zero-order chi connectivity index (χ0) is 10.4. The quantitative estimate of drug-likeness (QED) is 0.816. The van der Waals surface area contributed by atoms with Crippen LogP contribution in [0.25, 0.3) is 0 Å². The van der Waals surface area contributed by atoms with Crippen molar-refractivity contribution in [3.05, 3.63) is 34.9 Å². The van der Waals surface area contributed by atoms with Crippen molar-refractivity contribution in [1.29, 1.82) is 0 Å². The van der Waals surface area contributed by atoms with E-state index in [-0.39, 0.29) is 12.5 Å². The van der Waals surface area contributed by atoms with E-state index in [1.54, 1.807) is 7.11 Å². The van der Waals surface area contributed by atoms with Crippen molar-refractivity contribution >= 4 is 11.6 Å². The van der Waals surface area contributed by atoms with Crippen LogP contribution < -0.4 is 0 Å². The number of hydrogen-bond donors (Lipinski definition) is 1. The molecule has 0 heterocycles. The lowest BCUT2D eigenvalue weighted by Gasteiger charge is -2.13. The first-order valence-electron chi connectivity index (χ1n) is 4.63. The Morgan fingerprint density at radius 2 is 2.29 bits per heavy atom. The van der Waals surface area contributed by atoms with Gasteiger partial charge in [-0.15, -0.1) is 0 Å². The van der Waals surface area contributed by atoms with Crippen molar-refractivity contribution in [2.75, 3.05) is 20.3 Å². The molecule has 1 aromatic rings. The van der Waals surface area contributed by atoms with Crippen LogP contribution in [0.1, 0.15) is 17.9 Å². The third-order valence-electron chi connectivity index (χ3n) is 2.21. The smallest absolute Gasteiger partial charge is 0.0500 e. The van der Waals surface area contributed by atoms with Crippen LogP contribution in [0, 0.1) is 0 Å². The summed E-state index contributed by atoms with van der Waals surface area (Å²) < 4.78 is 4.98. The molecule has 14 heavy (non-hydrogen) atoms. The van der Waals surface area contributed by atoms with E-state index in [0.717, 1.165) is 12.0 Å². The molecule has 1 rings (SSSR count). The van der Waals surface area contributed by atoms with Gasteiger partial charge in [0.2, 0.25) is 0 Å². The van der Waals surface area contributed by atoms with Gasteiger partial charge in [0.15, 0.2) is 0 Å². The molecule has 1 atom stereocenters. The minimum Gasteiger partial charge on any atom is -0.396 e. The van der Waals surface area contributed by atoms with Gasteiger partial charge in [-0.25, -0.2) is 0 Å². The summed E-state index contributed by atoms with van der Waals surface area (Å²) in [7, 11) is 1.66. The first-order chi connectivity index (χ1) is 6.77. The second-order valence-electron chi connectivity index (χ2n) is 3.22. The van der Waals surface area contributed by atoms with E-state index in [1.165, 1.54) is 0 Å². The van der Waals surface area contributed by atoms with Crippen molar-refractivity contribution in [3.63, 3.8) is 0 Å². The number of methoxy groups -OCH3 is 1. The molecule has 1 unspecified atom stereocenters. The summed E-state index contributed by atoms with van der Waals surface area (Å²) in [5, 5.41) is 9.91. The highest BCUT2D eigenvalue weighted by molar-refractivity contribution is 6.30. The molecule has 0 aliphatic carbocycles. The Labute approximate surface area is 89.5 Å². The van der Waals surface area contributed by atoms with Gasteiger partial charge in [-0.1, -0.05) is 23.7 Å². The van der Waals surface area contributed by atoms with Crippen LogP contribution in [0.5, 0.6) is 0 Å². The molecule has 0 spiro atoms. The highest BCUT2D eigenvalue weighted by Gasteiger charge is 2.09. The summed E-state index contributed by atoms with van der Waals surface area (Å²) >= 11 is 5.87. The van der Waals surface area contributed by atoms with Crippen LogP contribution in [0.4, 0.5) is 0 Å². The SMILES string of the molecule is COCCC(CO)c1cccc(Cl)c1. The number of rotatable bonds is 5. The standard InChI is InChI=1S/C11H15ClO2/c1-14-6-5-10(8-13)9-3-2-4-11(12)7-9/h2-4,7,10,13H,5-6,8H2,1H3. The lowest BCUT2D eigenvalue weighted by Crippen LogP contribution is -2.07. The molecule has 78 valence electrons. The molecule has 1 aromatic carbocycles. The first kappa shape index (κ1) is 11.5. The number of benzene rings is 1. The highest BCUT2D eigenvalue weighted by atomic mass is 35.5. The van der Waals surface area contributed by atoms with E-state index in [4.69, 9.17) is 16.3 Å². The number of aliphatic hydroxyl groups excluding tert-OH is 1. The molecular weight excluding hydrogens is 200 g/mol. The number of hydrogen-bond acceptors (Lipinski definition) is 2. The van der Waals surface area contributed by atoms with Crippen molar-refractivity contribution in [3.8, 4) is 0 Å². The molecule has 0 amide bonds. The Bertz CT molecular complexity index is 276. The van der Waals surface area contributed by atoms with E-state index >= 15 is 0 Å². The van der Waals surface area contributed by atoms with Gasteiger partial charge in [0, 0.05) is 24.7 Å². The third kappa shape index (κ3) is 3.29. The van der Waals surface area contributed by atoms with Gasteiger partial charge in [-0.05, 0) is 24.1 Å². The molecule has 0 aliphatic rings. The van der Waals surface area contributed by atoms with Crippen LogP contribution >= 0.6 is 11.6 Å². The molecule has 1 N–H and O–H groups in total. The zero-order valence-electron chi connectivity index (χ0n) is 8.24. The van der Waals surface area contributed by atoms with E-state index in [0.29, 0.717) is 11.6 Å². The number of aliphatic hydroxyl groups is 1. The molecule has 0 aliphatic heterocycles. The van der Waals surface area contributed by atoms with Gasteiger partial charge in [0.25, 0.3) is 0 Å². The average Bonchev–Trinajstić information content (AvgIpc) is 2.19. The van der Waals surface area contributed by atoms with Crippen LogP contribution in [-0.4, -0.2) is 25.4 Å². The molecule has 0 aromatic heterocycles. The first-order valence-corrected chi connectivity index (χ1v) is 5.01. The number of halogens is 1. The second kappa shape index (κ2) is 6.02. The van der Waals surface area contributed by atoms with E-state index < -0.39 is 0 Å². The fourth-order valence-electron chi connectivity index (χ4n) is 1.38. The summed E-state index contributed by atoms with van der Waals surface area (Å²) in [6, 6.07) is 7.59. The second-order valence-corrected chi connectivity index (χ2v) is 3.65. The predicted molar refractivity (Wildman–Crippen MR) is 57.8 cm³/mol. The predicted octanol–water partition coefficient (Wildman–Crippen LogP) is 2.45. The van der Waals surface area contributed by atoms with Crippen molar-refractivity contribution in [2.24, 2.45) is 0 Å². The van der Waals surface area contributed by atoms with Crippen molar-refractivity contribution in [1.82, 2.24) is 0 Å². The van der Waals surface area contributed by atoms with Crippen molar-refractivity contribution in [2.45, 2.75) is 12.3 Å². The molecule has 0 radical (unpaired) electrons. The van der Waals surface area contributed by atoms with Gasteiger partial charge in [-0.2, -0.15) is 0 Å². The normalized spacial score (nSPS) is 12.8. The molecule has 0 bridgehead atoms. The summed E-state index contributed by atoms with van der Waals surface area (Å²) in [5.41, 5.74) is 1.07. The lowest BCUT2D eigenvalue weighted by atomic mass is 9.97. The molecule has 3 heteroatoms. The number of ether oxygens (including phenoxy) is 1. The Balaban J connectivity index is 2.68. The molecule has 2 nitrogen and oxygen atoms in total. The van der Waals surface area contributed by atoms with Gasteiger partial charge < -0.3 is 9.84 Å². The minimum atomic E-state index is 0.119.